The Morgan fingerprint density at radius 1 is 1.47 bits per heavy atom. The van der Waals surface area contributed by atoms with Crippen LogP contribution < -0.4 is 15.4 Å². The van der Waals surface area contributed by atoms with Crippen LogP contribution in [0, 0.1) is 11.3 Å². The maximum atomic E-state index is 12.2. The molecule has 0 radical (unpaired) electrons. The Balaban J connectivity index is 3.06. The second kappa shape index (κ2) is 6.21. The zero-order chi connectivity index (χ0) is 14.5. The average molecular weight is 261 g/mol. The monoisotopic (exact) mass is 261 g/mol. The summed E-state index contributed by atoms with van der Waals surface area (Å²) in [5, 5.41) is 14.9. The Bertz CT molecular complexity index is 504. The van der Waals surface area contributed by atoms with Gasteiger partial charge in [-0.3, -0.25) is 4.79 Å². The molecule has 5 nitrogen and oxygen atoms in total. The molecule has 0 aliphatic heterocycles. The predicted molar refractivity (Wildman–Crippen MR) is 74.1 cm³/mol. The molecular weight excluding hydrogens is 242 g/mol. The van der Waals surface area contributed by atoms with Gasteiger partial charge in [0.05, 0.1) is 18.2 Å². The molecule has 1 rings (SSSR count). The van der Waals surface area contributed by atoms with Crippen LogP contribution in [-0.4, -0.2) is 25.1 Å². The summed E-state index contributed by atoms with van der Waals surface area (Å²) in [5.74, 6) is 0.259. The lowest BCUT2D eigenvalue weighted by Crippen LogP contribution is -2.49. The fourth-order valence-corrected chi connectivity index (χ4v) is 1.72. The fraction of sp³-hybridized carbons (Fsp3) is 0.429. The van der Waals surface area contributed by atoms with E-state index in [2.05, 4.69) is 10.6 Å². The van der Waals surface area contributed by atoms with Crippen LogP contribution in [0.2, 0.25) is 0 Å². The van der Waals surface area contributed by atoms with Gasteiger partial charge in [0.25, 0.3) is 0 Å². The summed E-state index contributed by atoms with van der Waals surface area (Å²) in [5.41, 5.74) is 0.0611. The minimum absolute atomic E-state index is 0.213. The maximum absolute atomic E-state index is 12.2. The number of anilines is 1. The van der Waals surface area contributed by atoms with E-state index in [0.717, 1.165) is 0 Å². The van der Waals surface area contributed by atoms with E-state index in [1.165, 1.54) is 7.11 Å². The molecule has 102 valence electrons. The molecule has 0 aromatic heterocycles. The van der Waals surface area contributed by atoms with Gasteiger partial charge in [0, 0.05) is 0 Å². The van der Waals surface area contributed by atoms with Gasteiger partial charge in [-0.25, -0.2) is 0 Å². The minimum Gasteiger partial charge on any atom is -0.495 e. The highest BCUT2D eigenvalue weighted by Gasteiger charge is 2.27. The van der Waals surface area contributed by atoms with Crippen LogP contribution in [0.1, 0.15) is 26.3 Å². The molecule has 0 heterocycles. The largest absolute Gasteiger partial charge is 0.495 e. The Hall–Kier alpha value is -2.06. The van der Waals surface area contributed by atoms with E-state index in [9.17, 15) is 4.79 Å². The Morgan fingerprint density at radius 2 is 2.16 bits per heavy atom. The lowest BCUT2D eigenvalue weighted by Gasteiger charge is -2.25. The van der Waals surface area contributed by atoms with Gasteiger partial charge in [0.2, 0.25) is 5.91 Å². The molecular formula is C14H19N3O2. The summed E-state index contributed by atoms with van der Waals surface area (Å²) in [7, 11) is 1.50. The van der Waals surface area contributed by atoms with Crippen LogP contribution in [0.25, 0.3) is 0 Å². The Labute approximate surface area is 113 Å². The third kappa shape index (κ3) is 3.46. The molecule has 1 amide bonds. The third-order valence-corrected chi connectivity index (χ3v) is 2.79. The number of hydrogen-bond acceptors (Lipinski definition) is 4. The number of rotatable bonds is 5. The van der Waals surface area contributed by atoms with E-state index in [4.69, 9.17) is 10.00 Å². The summed E-state index contributed by atoms with van der Waals surface area (Å²) in [6, 6.07) is 7.10. The summed E-state index contributed by atoms with van der Waals surface area (Å²) in [4.78, 5) is 12.2. The van der Waals surface area contributed by atoms with Gasteiger partial charge in [-0.1, -0.05) is 13.0 Å². The molecule has 0 aliphatic rings. The number of methoxy groups -OCH3 is 1. The van der Waals surface area contributed by atoms with E-state index in [-0.39, 0.29) is 5.91 Å². The van der Waals surface area contributed by atoms with Crippen molar-refractivity contribution in [1.82, 2.24) is 5.32 Å². The molecule has 1 aromatic carbocycles. The molecule has 2 N–H and O–H groups in total. The molecule has 0 spiro atoms. The van der Waals surface area contributed by atoms with Gasteiger partial charge in [-0.05, 0) is 32.5 Å². The van der Waals surface area contributed by atoms with E-state index in [0.29, 0.717) is 23.5 Å². The van der Waals surface area contributed by atoms with Crippen LogP contribution in [0.3, 0.4) is 0 Å². The number of para-hydroxylation sites is 1. The molecule has 0 bridgehead atoms. The summed E-state index contributed by atoms with van der Waals surface area (Å²) in [6.07, 6.45) is 0. The highest BCUT2D eigenvalue weighted by molar-refractivity contribution is 5.99. The lowest BCUT2D eigenvalue weighted by atomic mass is 10.0. The summed E-state index contributed by atoms with van der Waals surface area (Å²) in [6.45, 7) is 6.18. The van der Waals surface area contributed by atoms with Crippen molar-refractivity contribution in [3.63, 3.8) is 0 Å². The van der Waals surface area contributed by atoms with Gasteiger partial charge in [0.1, 0.15) is 17.5 Å². The van der Waals surface area contributed by atoms with Gasteiger partial charge >= 0.3 is 0 Å². The highest BCUT2D eigenvalue weighted by Crippen LogP contribution is 2.28. The first-order valence-corrected chi connectivity index (χ1v) is 6.09. The van der Waals surface area contributed by atoms with Crippen molar-refractivity contribution in [3.05, 3.63) is 23.8 Å². The number of benzene rings is 1. The van der Waals surface area contributed by atoms with E-state index in [1.807, 2.05) is 13.0 Å². The lowest BCUT2D eigenvalue weighted by molar-refractivity contribution is -0.121. The van der Waals surface area contributed by atoms with Crippen molar-refractivity contribution in [1.29, 1.82) is 5.26 Å². The van der Waals surface area contributed by atoms with Gasteiger partial charge in [0.15, 0.2) is 0 Å². The standard InChI is InChI=1S/C14H19N3O2/c1-5-16-14(2,3)13(18)17-12-10(9-15)7-6-8-11(12)19-4/h6-8,16H,5H2,1-4H3,(H,17,18). The molecule has 1 aromatic rings. The van der Waals surface area contributed by atoms with E-state index in [1.54, 1.807) is 32.0 Å². The zero-order valence-electron chi connectivity index (χ0n) is 11.7. The predicted octanol–water partition coefficient (Wildman–Crippen LogP) is 1.89. The summed E-state index contributed by atoms with van der Waals surface area (Å²) >= 11 is 0. The SMILES string of the molecule is CCNC(C)(C)C(=O)Nc1c(C#N)cccc1OC. The number of likely N-dealkylation sites (N-methyl/N-ethyl adjacent to an activating group) is 1. The van der Waals surface area contributed by atoms with Gasteiger partial charge in [-0.15, -0.1) is 0 Å². The van der Waals surface area contributed by atoms with Crippen LogP contribution in [0.4, 0.5) is 5.69 Å². The summed E-state index contributed by atoms with van der Waals surface area (Å²) < 4.78 is 5.18. The number of ether oxygens (including phenoxy) is 1. The highest BCUT2D eigenvalue weighted by atomic mass is 16.5. The topological polar surface area (TPSA) is 74.2 Å². The Kier molecular flexibility index (Phi) is 4.90. The van der Waals surface area contributed by atoms with Crippen LogP contribution in [-0.2, 0) is 4.79 Å². The van der Waals surface area contributed by atoms with E-state index < -0.39 is 5.54 Å². The van der Waals surface area contributed by atoms with Gasteiger partial charge in [-0.2, -0.15) is 5.26 Å². The number of amides is 1. The van der Waals surface area contributed by atoms with Gasteiger partial charge < -0.3 is 15.4 Å². The van der Waals surface area contributed by atoms with Crippen molar-refractivity contribution in [2.24, 2.45) is 0 Å². The van der Waals surface area contributed by atoms with Crippen LogP contribution in [0.15, 0.2) is 18.2 Å². The van der Waals surface area contributed by atoms with E-state index >= 15 is 0 Å². The minimum atomic E-state index is -0.720. The quantitative estimate of drug-likeness (QED) is 0.849. The first-order chi connectivity index (χ1) is 8.96. The zero-order valence-corrected chi connectivity index (χ0v) is 11.7. The van der Waals surface area contributed by atoms with Crippen molar-refractivity contribution in [2.45, 2.75) is 26.3 Å². The number of carbonyl (C=O) groups excluding carboxylic acids is 1. The molecule has 0 atom stereocenters. The van der Waals surface area contributed by atoms with Crippen molar-refractivity contribution < 1.29 is 9.53 Å². The fourth-order valence-electron chi connectivity index (χ4n) is 1.72. The molecule has 0 unspecified atom stereocenters. The maximum Gasteiger partial charge on any atom is 0.244 e. The molecule has 19 heavy (non-hydrogen) atoms. The van der Waals surface area contributed by atoms with Crippen LogP contribution in [0.5, 0.6) is 5.75 Å². The average Bonchev–Trinajstić information content (AvgIpc) is 2.38. The molecule has 0 saturated carbocycles. The van der Waals surface area contributed by atoms with Crippen molar-refractivity contribution >= 4 is 11.6 Å². The van der Waals surface area contributed by atoms with Crippen LogP contribution >= 0.6 is 0 Å². The number of nitrogens with one attached hydrogen (secondary N) is 2. The second-order valence-corrected chi connectivity index (χ2v) is 4.60. The smallest absolute Gasteiger partial charge is 0.244 e. The number of nitrogens with zero attached hydrogens (tertiary/aromatic N) is 1. The van der Waals surface area contributed by atoms with Crippen molar-refractivity contribution in [2.75, 3.05) is 19.0 Å². The Morgan fingerprint density at radius 3 is 2.68 bits per heavy atom. The first kappa shape index (κ1) is 15.0. The third-order valence-electron chi connectivity index (χ3n) is 2.79. The second-order valence-electron chi connectivity index (χ2n) is 4.60. The number of hydrogen-bond donors (Lipinski definition) is 2. The normalized spacial score (nSPS) is 10.7. The molecule has 0 fully saturated rings. The number of nitriles is 1. The molecule has 0 aliphatic carbocycles. The number of carbonyl (C=O) groups is 1. The first-order valence-electron chi connectivity index (χ1n) is 6.09. The van der Waals surface area contributed by atoms with Crippen molar-refractivity contribution in [3.8, 4) is 11.8 Å². The molecule has 0 saturated heterocycles. The molecule has 5 heteroatoms.